The van der Waals surface area contributed by atoms with Crippen molar-refractivity contribution >= 4 is 15.6 Å². The van der Waals surface area contributed by atoms with Gasteiger partial charge in [-0.2, -0.15) is 5.10 Å². The minimum Gasteiger partial charge on any atom is -0.507 e. The van der Waals surface area contributed by atoms with E-state index >= 15 is 0 Å². The Labute approximate surface area is 157 Å². The SMILES string of the molecule is CC(C)(C(=O)Cc1nc(-c2ccccc2O)n[nH]1)S(=O)(=O)C1CCOCC1. The fourth-order valence-electron chi connectivity index (χ4n) is 3.08. The van der Waals surface area contributed by atoms with Gasteiger partial charge in [-0.05, 0) is 38.8 Å². The van der Waals surface area contributed by atoms with Gasteiger partial charge in [0.1, 0.15) is 16.3 Å². The van der Waals surface area contributed by atoms with E-state index in [9.17, 15) is 18.3 Å². The number of hydrogen-bond donors (Lipinski definition) is 2. The monoisotopic (exact) mass is 393 g/mol. The number of nitrogens with zero attached hydrogens (tertiary/aromatic N) is 2. The van der Waals surface area contributed by atoms with Crippen LogP contribution in [0.1, 0.15) is 32.5 Å². The van der Waals surface area contributed by atoms with E-state index in [0.29, 0.717) is 31.6 Å². The van der Waals surface area contributed by atoms with Gasteiger partial charge in [-0.25, -0.2) is 13.4 Å². The van der Waals surface area contributed by atoms with Crippen LogP contribution in [0.15, 0.2) is 24.3 Å². The second kappa shape index (κ2) is 7.40. The third kappa shape index (κ3) is 3.74. The number of nitrogens with one attached hydrogen (secondary N) is 1. The van der Waals surface area contributed by atoms with E-state index < -0.39 is 25.6 Å². The topological polar surface area (TPSA) is 122 Å². The molecular formula is C18H23N3O5S. The molecule has 2 heterocycles. The second-order valence-corrected chi connectivity index (χ2v) is 9.87. The number of aromatic amines is 1. The molecule has 0 aliphatic carbocycles. The van der Waals surface area contributed by atoms with Crippen LogP contribution >= 0.6 is 0 Å². The van der Waals surface area contributed by atoms with Crippen LogP contribution in [-0.2, 0) is 25.8 Å². The molecular weight excluding hydrogens is 370 g/mol. The van der Waals surface area contributed by atoms with Gasteiger partial charge >= 0.3 is 0 Å². The lowest BCUT2D eigenvalue weighted by molar-refractivity contribution is -0.120. The molecule has 1 fully saturated rings. The zero-order valence-electron chi connectivity index (χ0n) is 15.3. The Morgan fingerprint density at radius 2 is 1.96 bits per heavy atom. The number of aromatic nitrogens is 3. The maximum atomic E-state index is 13.0. The first-order valence-electron chi connectivity index (χ1n) is 8.77. The van der Waals surface area contributed by atoms with Crippen molar-refractivity contribution in [3.05, 3.63) is 30.1 Å². The van der Waals surface area contributed by atoms with E-state index in [1.807, 2.05) is 0 Å². The number of hydrogen-bond acceptors (Lipinski definition) is 7. The highest BCUT2D eigenvalue weighted by Gasteiger charge is 2.46. The molecule has 0 amide bonds. The lowest BCUT2D eigenvalue weighted by Gasteiger charge is -2.31. The quantitative estimate of drug-likeness (QED) is 0.765. The number of carbonyl (C=O) groups excluding carboxylic acids is 1. The van der Waals surface area contributed by atoms with Crippen molar-refractivity contribution < 1.29 is 23.1 Å². The molecule has 1 aliphatic rings. The van der Waals surface area contributed by atoms with Gasteiger partial charge in [0.25, 0.3) is 0 Å². The van der Waals surface area contributed by atoms with Crippen molar-refractivity contribution in [2.75, 3.05) is 13.2 Å². The molecule has 0 saturated carbocycles. The number of para-hydroxylation sites is 1. The maximum Gasteiger partial charge on any atom is 0.184 e. The Balaban J connectivity index is 1.77. The van der Waals surface area contributed by atoms with Crippen molar-refractivity contribution in [2.24, 2.45) is 0 Å². The highest BCUT2D eigenvalue weighted by Crippen LogP contribution is 2.30. The van der Waals surface area contributed by atoms with Crippen LogP contribution in [0.4, 0.5) is 0 Å². The molecule has 1 aromatic carbocycles. The molecule has 3 rings (SSSR count). The van der Waals surface area contributed by atoms with Crippen molar-refractivity contribution in [3.63, 3.8) is 0 Å². The van der Waals surface area contributed by atoms with Gasteiger partial charge in [0.2, 0.25) is 0 Å². The molecule has 8 nitrogen and oxygen atoms in total. The third-order valence-corrected chi connectivity index (χ3v) is 7.99. The van der Waals surface area contributed by atoms with E-state index in [1.54, 1.807) is 18.2 Å². The van der Waals surface area contributed by atoms with E-state index in [1.165, 1.54) is 19.9 Å². The minimum atomic E-state index is -3.66. The second-order valence-electron chi connectivity index (χ2n) is 7.09. The minimum absolute atomic E-state index is 0.0248. The van der Waals surface area contributed by atoms with Crippen LogP contribution in [0.25, 0.3) is 11.4 Å². The predicted molar refractivity (Wildman–Crippen MR) is 99.0 cm³/mol. The molecule has 2 N–H and O–H groups in total. The van der Waals surface area contributed by atoms with Gasteiger partial charge in [-0.15, -0.1) is 0 Å². The van der Waals surface area contributed by atoms with Crippen LogP contribution in [-0.4, -0.2) is 57.7 Å². The number of ether oxygens (including phenoxy) is 1. The summed E-state index contributed by atoms with van der Waals surface area (Å²) in [5, 5.41) is 16.0. The number of H-pyrrole nitrogens is 1. The van der Waals surface area contributed by atoms with Crippen molar-refractivity contribution in [2.45, 2.75) is 43.1 Å². The van der Waals surface area contributed by atoms with Crippen LogP contribution in [0.5, 0.6) is 5.75 Å². The summed E-state index contributed by atoms with van der Waals surface area (Å²) in [5.41, 5.74) is 0.432. The zero-order chi connectivity index (χ0) is 19.7. The molecule has 0 bridgehead atoms. The Bertz CT molecular complexity index is 930. The van der Waals surface area contributed by atoms with E-state index in [4.69, 9.17) is 4.74 Å². The molecule has 0 atom stereocenters. The average Bonchev–Trinajstić information content (AvgIpc) is 3.10. The van der Waals surface area contributed by atoms with Gasteiger partial charge in [0.05, 0.1) is 17.2 Å². The Kier molecular flexibility index (Phi) is 5.34. The Morgan fingerprint density at radius 3 is 2.63 bits per heavy atom. The standard InChI is InChI=1S/C18H23N3O5S/c1-18(2,27(24,25)12-7-9-26-10-8-12)15(23)11-16-19-17(21-20-16)13-5-3-4-6-14(13)22/h3-6,12,22H,7-11H2,1-2H3,(H,19,20,21). The molecule has 146 valence electrons. The van der Waals surface area contributed by atoms with Crippen molar-refractivity contribution in [1.82, 2.24) is 15.2 Å². The molecule has 1 saturated heterocycles. The zero-order valence-corrected chi connectivity index (χ0v) is 16.1. The van der Waals surface area contributed by atoms with Crippen LogP contribution in [0.3, 0.4) is 0 Å². The molecule has 2 aromatic rings. The summed E-state index contributed by atoms with van der Waals surface area (Å²) < 4.78 is 29.6. The first-order valence-corrected chi connectivity index (χ1v) is 10.3. The van der Waals surface area contributed by atoms with Gasteiger partial charge in [0, 0.05) is 13.2 Å². The van der Waals surface area contributed by atoms with Gasteiger partial charge in [-0.1, -0.05) is 12.1 Å². The number of carbonyl (C=O) groups is 1. The first-order chi connectivity index (χ1) is 12.7. The summed E-state index contributed by atoms with van der Waals surface area (Å²) in [6.45, 7) is 3.67. The summed E-state index contributed by atoms with van der Waals surface area (Å²) in [6, 6.07) is 6.59. The average molecular weight is 393 g/mol. The van der Waals surface area contributed by atoms with Crippen molar-refractivity contribution in [1.29, 1.82) is 0 Å². The summed E-state index contributed by atoms with van der Waals surface area (Å²) in [6.07, 6.45) is 0.619. The lowest BCUT2D eigenvalue weighted by Crippen LogP contribution is -2.48. The Hall–Kier alpha value is -2.26. The van der Waals surface area contributed by atoms with Gasteiger partial charge in [0.15, 0.2) is 21.4 Å². The van der Waals surface area contributed by atoms with Crippen LogP contribution < -0.4 is 0 Å². The molecule has 27 heavy (non-hydrogen) atoms. The summed E-state index contributed by atoms with van der Waals surface area (Å²) in [4.78, 5) is 17.0. The number of phenols is 1. The number of phenolic OH excluding ortho intramolecular Hbond substituents is 1. The fraction of sp³-hybridized carbons (Fsp3) is 0.500. The predicted octanol–water partition coefficient (Wildman–Crippen LogP) is 1.66. The molecule has 9 heteroatoms. The van der Waals surface area contributed by atoms with E-state index in [2.05, 4.69) is 15.2 Å². The fourth-order valence-corrected chi connectivity index (χ4v) is 5.12. The lowest BCUT2D eigenvalue weighted by atomic mass is 10.1. The Morgan fingerprint density at radius 1 is 1.30 bits per heavy atom. The largest absolute Gasteiger partial charge is 0.507 e. The van der Waals surface area contributed by atoms with Crippen LogP contribution in [0, 0.1) is 0 Å². The molecule has 1 aliphatic heterocycles. The molecule has 0 radical (unpaired) electrons. The highest BCUT2D eigenvalue weighted by atomic mass is 32.2. The number of rotatable bonds is 6. The highest BCUT2D eigenvalue weighted by molar-refractivity contribution is 7.94. The summed E-state index contributed by atoms with van der Waals surface area (Å²) in [5.74, 6) is 0.0836. The van der Waals surface area contributed by atoms with E-state index in [0.717, 1.165) is 0 Å². The third-order valence-electron chi connectivity index (χ3n) is 4.99. The summed E-state index contributed by atoms with van der Waals surface area (Å²) in [7, 11) is -3.66. The molecule has 1 aromatic heterocycles. The van der Waals surface area contributed by atoms with Crippen molar-refractivity contribution in [3.8, 4) is 17.1 Å². The van der Waals surface area contributed by atoms with Crippen LogP contribution in [0.2, 0.25) is 0 Å². The van der Waals surface area contributed by atoms with E-state index in [-0.39, 0.29) is 23.8 Å². The number of Topliss-reactive ketones (excluding diaryl/α,β-unsaturated/α-hetero) is 1. The normalized spacial score (nSPS) is 16.4. The number of benzene rings is 1. The number of aromatic hydroxyl groups is 1. The maximum absolute atomic E-state index is 13.0. The van der Waals surface area contributed by atoms with Gasteiger partial charge in [-0.3, -0.25) is 9.89 Å². The first kappa shape index (κ1) is 19.5. The smallest absolute Gasteiger partial charge is 0.184 e. The van der Waals surface area contributed by atoms with Gasteiger partial charge < -0.3 is 9.84 Å². The molecule has 0 spiro atoms. The summed E-state index contributed by atoms with van der Waals surface area (Å²) >= 11 is 0. The number of sulfone groups is 1. The molecule has 0 unspecified atom stereocenters. The number of ketones is 1.